The normalized spacial score (nSPS) is 19.9. The molecule has 1 amide bonds. The summed E-state index contributed by atoms with van der Waals surface area (Å²) in [6.07, 6.45) is 0.455. The molecule has 0 N–H and O–H groups in total. The van der Waals surface area contributed by atoms with Crippen molar-refractivity contribution in [3.8, 4) is 0 Å². The molecule has 5 nitrogen and oxygen atoms in total. The fourth-order valence-electron chi connectivity index (χ4n) is 3.49. The van der Waals surface area contributed by atoms with E-state index in [1.165, 1.54) is 11.3 Å². The highest BCUT2D eigenvalue weighted by Gasteiger charge is 2.42. The molecule has 0 aliphatic carbocycles. The van der Waals surface area contributed by atoms with Crippen molar-refractivity contribution in [2.24, 2.45) is 0 Å². The van der Waals surface area contributed by atoms with Gasteiger partial charge in [0, 0.05) is 29.9 Å². The molecule has 0 unspecified atom stereocenters. The molecule has 0 bridgehead atoms. The van der Waals surface area contributed by atoms with Gasteiger partial charge < -0.3 is 14.4 Å². The molecule has 3 rings (SSSR count). The molecule has 5 heteroatoms. The number of ether oxygens (including phenoxy) is 2. The average Bonchev–Trinajstić information content (AvgIpc) is 2.77. The predicted molar refractivity (Wildman–Crippen MR) is 91.4 cm³/mol. The predicted octanol–water partition coefficient (Wildman–Crippen LogP) is 3.21. The highest BCUT2D eigenvalue weighted by atomic mass is 16.6. The Labute approximate surface area is 138 Å². The van der Waals surface area contributed by atoms with Crippen molar-refractivity contribution in [2.75, 3.05) is 36.1 Å². The van der Waals surface area contributed by atoms with Gasteiger partial charge in [0.15, 0.2) is 0 Å². The van der Waals surface area contributed by atoms with Gasteiger partial charge in [-0.3, -0.25) is 4.90 Å². The van der Waals surface area contributed by atoms with E-state index < -0.39 is 0 Å². The van der Waals surface area contributed by atoms with Gasteiger partial charge in [0.2, 0.25) is 0 Å². The summed E-state index contributed by atoms with van der Waals surface area (Å²) in [5, 5.41) is 0. The van der Waals surface area contributed by atoms with Gasteiger partial charge in [-0.15, -0.1) is 0 Å². The molecule has 0 atom stereocenters. The lowest BCUT2D eigenvalue weighted by Gasteiger charge is -2.31. The van der Waals surface area contributed by atoms with E-state index in [1.807, 2.05) is 30.9 Å². The quantitative estimate of drug-likeness (QED) is 0.840. The van der Waals surface area contributed by atoms with Crippen LogP contribution < -0.4 is 9.80 Å². The average molecular weight is 318 g/mol. The highest BCUT2D eigenvalue weighted by molar-refractivity contribution is 5.94. The summed E-state index contributed by atoms with van der Waals surface area (Å²) in [4.78, 5) is 16.8. The van der Waals surface area contributed by atoms with Crippen LogP contribution in [0.4, 0.5) is 16.2 Å². The summed E-state index contributed by atoms with van der Waals surface area (Å²) in [5.74, 6) is 0. The lowest BCUT2D eigenvalue weighted by atomic mass is 9.98. The van der Waals surface area contributed by atoms with Gasteiger partial charge in [-0.2, -0.15) is 0 Å². The van der Waals surface area contributed by atoms with Gasteiger partial charge in [-0.1, -0.05) is 6.07 Å². The minimum atomic E-state index is -0.281. The van der Waals surface area contributed by atoms with Crippen LogP contribution in [0.5, 0.6) is 0 Å². The lowest BCUT2D eigenvalue weighted by molar-refractivity contribution is 0.118. The zero-order valence-corrected chi connectivity index (χ0v) is 14.5. The van der Waals surface area contributed by atoms with Crippen LogP contribution >= 0.6 is 0 Å². The third-order valence-electron chi connectivity index (χ3n) is 4.45. The zero-order chi connectivity index (χ0) is 16.6. The monoisotopic (exact) mass is 318 g/mol. The van der Waals surface area contributed by atoms with Crippen molar-refractivity contribution >= 4 is 17.5 Å². The van der Waals surface area contributed by atoms with Crippen LogP contribution in [-0.4, -0.2) is 44.0 Å². The van der Waals surface area contributed by atoms with E-state index in [-0.39, 0.29) is 17.7 Å². The Hall–Kier alpha value is -1.75. The summed E-state index contributed by atoms with van der Waals surface area (Å²) in [6, 6.07) is 6.20. The number of anilines is 2. The number of benzene rings is 1. The van der Waals surface area contributed by atoms with Crippen molar-refractivity contribution in [3.05, 3.63) is 23.8 Å². The molecule has 0 spiro atoms. The number of nitrogens with zero attached hydrogens (tertiary/aromatic N) is 2. The van der Waals surface area contributed by atoms with E-state index in [1.54, 1.807) is 0 Å². The molecule has 2 aliphatic rings. The molecule has 0 aromatic heterocycles. The standard InChI is InChI=1S/C18H26N2O3/c1-13(2)23-17(21)20-16-7-5-6-15(14(16)12-18(20,3)4)19-8-10-22-11-9-19/h5-7,13H,8-12H2,1-4H3. The maximum atomic E-state index is 12.6. The van der Waals surface area contributed by atoms with Gasteiger partial charge in [-0.05, 0) is 46.2 Å². The number of hydrogen-bond acceptors (Lipinski definition) is 4. The molecule has 126 valence electrons. The Kier molecular flexibility index (Phi) is 4.23. The fourth-order valence-corrected chi connectivity index (χ4v) is 3.49. The van der Waals surface area contributed by atoms with E-state index in [2.05, 4.69) is 24.8 Å². The number of rotatable bonds is 2. The first kappa shape index (κ1) is 16.1. The maximum absolute atomic E-state index is 12.6. The second-order valence-corrected chi connectivity index (χ2v) is 7.13. The summed E-state index contributed by atoms with van der Waals surface area (Å²) >= 11 is 0. The van der Waals surface area contributed by atoms with Crippen molar-refractivity contribution in [1.29, 1.82) is 0 Å². The van der Waals surface area contributed by atoms with Crippen LogP contribution in [0.1, 0.15) is 33.3 Å². The first-order chi connectivity index (χ1) is 10.9. The van der Waals surface area contributed by atoms with Crippen LogP contribution in [0.15, 0.2) is 18.2 Å². The smallest absolute Gasteiger partial charge is 0.415 e. The van der Waals surface area contributed by atoms with Crippen LogP contribution in [0.25, 0.3) is 0 Å². The van der Waals surface area contributed by atoms with Gasteiger partial charge in [0.25, 0.3) is 0 Å². The van der Waals surface area contributed by atoms with Crippen LogP contribution in [0, 0.1) is 0 Å². The summed E-state index contributed by atoms with van der Waals surface area (Å²) < 4.78 is 10.9. The molecule has 0 radical (unpaired) electrons. The van der Waals surface area contributed by atoms with Gasteiger partial charge in [-0.25, -0.2) is 4.79 Å². The van der Waals surface area contributed by atoms with Crippen molar-refractivity contribution < 1.29 is 14.3 Å². The minimum Gasteiger partial charge on any atom is -0.446 e. The van der Waals surface area contributed by atoms with Crippen molar-refractivity contribution in [3.63, 3.8) is 0 Å². The topological polar surface area (TPSA) is 42.0 Å². The van der Waals surface area contributed by atoms with Crippen LogP contribution in [0.3, 0.4) is 0 Å². The molecular weight excluding hydrogens is 292 g/mol. The first-order valence-electron chi connectivity index (χ1n) is 8.35. The Morgan fingerprint density at radius 2 is 1.87 bits per heavy atom. The number of amides is 1. The van der Waals surface area contributed by atoms with Gasteiger partial charge in [0.1, 0.15) is 0 Å². The Balaban J connectivity index is 1.96. The largest absolute Gasteiger partial charge is 0.446 e. The van der Waals surface area contributed by atoms with Crippen LogP contribution in [-0.2, 0) is 15.9 Å². The molecule has 2 aliphatic heterocycles. The number of carbonyl (C=O) groups excluding carboxylic acids is 1. The second kappa shape index (κ2) is 6.04. The van der Waals surface area contributed by atoms with E-state index >= 15 is 0 Å². The zero-order valence-electron chi connectivity index (χ0n) is 14.5. The SMILES string of the molecule is CC(C)OC(=O)N1c2cccc(N3CCOCC3)c2CC1(C)C. The Bertz CT molecular complexity index is 592. The molecule has 23 heavy (non-hydrogen) atoms. The fraction of sp³-hybridized carbons (Fsp3) is 0.611. The summed E-state index contributed by atoms with van der Waals surface area (Å²) in [7, 11) is 0. The number of hydrogen-bond donors (Lipinski definition) is 0. The molecular formula is C18H26N2O3. The Morgan fingerprint density at radius 1 is 1.22 bits per heavy atom. The van der Waals surface area contributed by atoms with Crippen molar-refractivity contribution in [1.82, 2.24) is 0 Å². The molecule has 1 saturated heterocycles. The van der Waals surface area contributed by atoms with E-state index in [0.29, 0.717) is 0 Å². The van der Waals surface area contributed by atoms with Gasteiger partial charge in [0.05, 0.1) is 25.0 Å². The minimum absolute atomic E-state index is 0.121. The Morgan fingerprint density at radius 3 is 2.52 bits per heavy atom. The highest BCUT2D eigenvalue weighted by Crippen LogP contribution is 2.43. The third kappa shape index (κ3) is 3.02. The molecule has 1 aromatic rings. The number of carbonyl (C=O) groups is 1. The molecule has 1 aromatic carbocycles. The third-order valence-corrected chi connectivity index (χ3v) is 4.45. The number of fused-ring (bicyclic) bond motifs is 1. The molecule has 1 fully saturated rings. The first-order valence-corrected chi connectivity index (χ1v) is 8.35. The molecule has 2 heterocycles. The lowest BCUT2D eigenvalue weighted by Crippen LogP contribution is -2.46. The summed E-state index contributed by atoms with van der Waals surface area (Å²) in [6.45, 7) is 11.3. The molecule has 0 saturated carbocycles. The number of morpholine rings is 1. The second-order valence-electron chi connectivity index (χ2n) is 7.13. The van der Waals surface area contributed by atoms with E-state index in [9.17, 15) is 4.79 Å². The van der Waals surface area contributed by atoms with E-state index in [4.69, 9.17) is 9.47 Å². The van der Waals surface area contributed by atoms with Gasteiger partial charge >= 0.3 is 6.09 Å². The van der Waals surface area contributed by atoms with Crippen molar-refractivity contribution in [2.45, 2.75) is 45.8 Å². The summed E-state index contributed by atoms with van der Waals surface area (Å²) in [5.41, 5.74) is 3.15. The maximum Gasteiger partial charge on any atom is 0.415 e. The van der Waals surface area contributed by atoms with E-state index in [0.717, 1.165) is 38.4 Å². The van der Waals surface area contributed by atoms with Crippen LogP contribution in [0.2, 0.25) is 0 Å².